The van der Waals surface area contributed by atoms with Crippen LogP contribution in [0.3, 0.4) is 0 Å². The third-order valence-electron chi connectivity index (χ3n) is 2.83. The van der Waals surface area contributed by atoms with Crippen molar-refractivity contribution in [2.75, 3.05) is 5.32 Å². The van der Waals surface area contributed by atoms with Crippen LogP contribution in [0.5, 0.6) is 0 Å². The van der Waals surface area contributed by atoms with Gasteiger partial charge in [0.2, 0.25) is 0 Å². The highest BCUT2D eigenvalue weighted by molar-refractivity contribution is 6.08. The van der Waals surface area contributed by atoms with E-state index in [1.165, 1.54) is 0 Å². The van der Waals surface area contributed by atoms with Gasteiger partial charge in [-0.1, -0.05) is 42.5 Å². The summed E-state index contributed by atoms with van der Waals surface area (Å²) < 4.78 is 0. The van der Waals surface area contributed by atoms with Gasteiger partial charge in [0.05, 0.1) is 0 Å². The molecule has 0 saturated heterocycles. The first-order valence-electron chi connectivity index (χ1n) is 5.64. The summed E-state index contributed by atoms with van der Waals surface area (Å²) in [6.45, 7) is 3.67. The second-order valence-electron chi connectivity index (χ2n) is 3.95. The van der Waals surface area contributed by atoms with Gasteiger partial charge < -0.3 is 5.32 Å². The molecule has 2 heteroatoms. The first-order chi connectivity index (χ1) is 8.22. The van der Waals surface area contributed by atoms with Crippen LogP contribution in [0, 0.1) is 0 Å². The van der Waals surface area contributed by atoms with E-state index in [1.54, 1.807) is 13.0 Å². The van der Waals surface area contributed by atoms with Gasteiger partial charge in [0.15, 0.2) is 0 Å². The molecule has 2 aromatic rings. The number of allylic oxidation sites excluding steroid dienone is 1. The number of fused-ring (bicyclic) bond motifs is 1. The molecule has 0 aromatic heterocycles. The minimum absolute atomic E-state index is 0.0520. The zero-order valence-corrected chi connectivity index (χ0v) is 10.0. The SMILES string of the molecule is CC=C(C)C(=O)Nc1cccc2ccccc12. The topological polar surface area (TPSA) is 29.1 Å². The molecule has 0 spiro atoms. The van der Waals surface area contributed by atoms with Crippen molar-refractivity contribution < 1.29 is 4.79 Å². The molecule has 0 fully saturated rings. The van der Waals surface area contributed by atoms with Gasteiger partial charge >= 0.3 is 0 Å². The van der Waals surface area contributed by atoms with Crippen LogP contribution in [0.1, 0.15) is 13.8 Å². The molecule has 0 aliphatic carbocycles. The summed E-state index contributed by atoms with van der Waals surface area (Å²) in [4.78, 5) is 11.8. The van der Waals surface area contributed by atoms with Crippen LogP contribution in [0.15, 0.2) is 54.1 Å². The van der Waals surface area contributed by atoms with Gasteiger partial charge in [-0.15, -0.1) is 0 Å². The lowest BCUT2D eigenvalue weighted by atomic mass is 10.1. The Morgan fingerprint density at radius 2 is 1.82 bits per heavy atom. The highest BCUT2D eigenvalue weighted by Crippen LogP contribution is 2.23. The zero-order valence-electron chi connectivity index (χ0n) is 10.0. The molecule has 0 atom stereocenters. The van der Waals surface area contributed by atoms with Crippen LogP contribution in [-0.4, -0.2) is 5.91 Å². The summed E-state index contributed by atoms with van der Waals surface area (Å²) >= 11 is 0. The lowest BCUT2D eigenvalue weighted by Gasteiger charge is -2.08. The Labute approximate surface area is 101 Å². The van der Waals surface area contributed by atoms with Gasteiger partial charge in [0, 0.05) is 16.6 Å². The molecule has 2 rings (SSSR count). The molecule has 2 aromatic carbocycles. The lowest BCUT2D eigenvalue weighted by Crippen LogP contribution is -2.12. The maximum atomic E-state index is 11.8. The summed E-state index contributed by atoms with van der Waals surface area (Å²) in [6, 6.07) is 13.9. The number of carbonyl (C=O) groups excluding carboxylic acids is 1. The molecule has 1 N–H and O–H groups in total. The normalized spacial score (nSPS) is 11.5. The highest BCUT2D eigenvalue weighted by Gasteiger charge is 2.06. The quantitative estimate of drug-likeness (QED) is 0.775. The fraction of sp³-hybridized carbons (Fsp3) is 0.133. The summed E-state index contributed by atoms with van der Waals surface area (Å²) in [5.74, 6) is -0.0520. The smallest absolute Gasteiger partial charge is 0.250 e. The number of benzene rings is 2. The number of hydrogen-bond donors (Lipinski definition) is 1. The first kappa shape index (κ1) is 11.4. The van der Waals surface area contributed by atoms with E-state index < -0.39 is 0 Å². The van der Waals surface area contributed by atoms with Crippen LogP contribution < -0.4 is 5.32 Å². The molecule has 0 saturated carbocycles. The number of carbonyl (C=O) groups is 1. The Hall–Kier alpha value is -2.09. The summed E-state index contributed by atoms with van der Waals surface area (Å²) in [5.41, 5.74) is 1.58. The maximum absolute atomic E-state index is 11.8. The van der Waals surface area contributed by atoms with Crippen LogP contribution >= 0.6 is 0 Å². The van der Waals surface area contributed by atoms with Crippen molar-refractivity contribution in [3.8, 4) is 0 Å². The molecule has 0 bridgehead atoms. The lowest BCUT2D eigenvalue weighted by molar-refractivity contribution is -0.112. The van der Waals surface area contributed by atoms with E-state index in [4.69, 9.17) is 0 Å². The molecule has 2 nitrogen and oxygen atoms in total. The van der Waals surface area contributed by atoms with E-state index in [0.717, 1.165) is 22.0 Å². The molecule has 0 aliphatic rings. The van der Waals surface area contributed by atoms with E-state index in [0.29, 0.717) is 0 Å². The highest BCUT2D eigenvalue weighted by atomic mass is 16.1. The predicted molar refractivity (Wildman–Crippen MR) is 72.0 cm³/mol. The van der Waals surface area contributed by atoms with Crippen molar-refractivity contribution in [3.05, 3.63) is 54.1 Å². The standard InChI is InChI=1S/C15H15NO/c1-3-11(2)15(17)16-14-10-6-8-12-7-4-5-9-13(12)14/h3-10H,1-2H3,(H,16,17). The van der Waals surface area contributed by atoms with Gasteiger partial charge in [-0.3, -0.25) is 4.79 Å². The Bertz CT molecular complexity index is 579. The monoisotopic (exact) mass is 225 g/mol. The van der Waals surface area contributed by atoms with E-state index in [1.807, 2.05) is 49.4 Å². The van der Waals surface area contributed by atoms with Crippen molar-refractivity contribution in [2.45, 2.75) is 13.8 Å². The number of nitrogens with one attached hydrogen (secondary N) is 1. The Morgan fingerprint density at radius 3 is 2.59 bits per heavy atom. The molecule has 1 amide bonds. The predicted octanol–water partition coefficient (Wildman–Crippen LogP) is 3.74. The average Bonchev–Trinajstić information content (AvgIpc) is 2.38. The maximum Gasteiger partial charge on any atom is 0.250 e. The van der Waals surface area contributed by atoms with E-state index in [-0.39, 0.29) is 5.91 Å². The third kappa shape index (κ3) is 2.36. The Morgan fingerprint density at radius 1 is 1.12 bits per heavy atom. The summed E-state index contributed by atoms with van der Waals surface area (Å²) in [6.07, 6.45) is 1.81. The van der Waals surface area contributed by atoms with Crippen molar-refractivity contribution >= 4 is 22.4 Å². The molecule has 0 heterocycles. The van der Waals surface area contributed by atoms with E-state index in [9.17, 15) is 4.79 Å². The minimum atomic E-state index is -0.0520. The molecule has 17 heavy (non-hydrogen) atoms. The number of anilines is 1. The van der Waals surface area contributed by atoms with Crippen LogP contribution in [-0.2, 0) is 4.79 Å². The molecule has 0 unspecified atom stereocenters. The second kappa shape index (κ2) is 4.83. The number of amides is 1. The van der Waals surface area contributed by atoms with Gasteiger partial charge in [0.25, 0.3) is 5.91 Å². The van der Waals surface area contributed by atoms with Crippen LogP contribution in [0.4, 0.5) is 5.69 Å². The summed E-state index contributed by atoms with van der Waals surface area (Å²) in [7, 11) is 0. The molecule has 0 aliphatic heterocycles. The van der Waals surface area contributed by atoms with Crippen molar-refractivity contribution in [2.24, 2.45) is 0 Å². The van der Waals surface area contributed by atoms with Gasteiger partial charge in [0.1, 0.15) is 0 Å². The first-order valence-corrected chi connectivity index (χ1v) is 5.64. The average molecular weight is 225 g/mol. The fourth-order valence-corrected chi connectivity index (χ4v) is 1.69. The van der Waals surface area contributed by atoms with Gasteiger partial charge in [-0.2, -0.15) is 0 Å². The summed E-state index contributed by atoms with van der Waals surface area (Å²) in [5, 5.41) is 5.12. The van der Waals surface area contributed by atoms with Crippen molar-refractivity contribution in [3.63, 3.8) is 0 Å². The third-order valence-corrected chi connectivity index (χ3v) is 2.83. The van der Waals surface area contributed by atoms with Gasteiger partial charge in [-0.25, -0.2) is 0 Å². The van der Waals surface area contributed by atoms with Gasteiger partial charge in [-0.05, 0) is 25.3 Å². The largest absolute Gasteiger partial charge is 0.322 e. The molecular weight excluding hydrogens is 210 g/mol. The number of hydrogen-bond acceptors (Lipinski definition) is 1. The van der Waals surface area contributed by atoms with Crippen LogP contribution in [0.2, 0.25) is 0 Å². The molecular formula is C15H15NO. The zero-order chi connectivity index (χ0) is 12.3. The van der Waals surface area contributed by atoms with Crippen molar-refractivity contribution in [1.82, 2.24) is 0 Å². The second-order valence-corrected chi connectivity index (χ2v) is 3.95. The molecule has 0 radical (unpaired) electrons. The molecule has 86 valence electrons. The minimum Gasteiger partial charge on any atom is -0.322 e. The Kier molecular flexibility index (Phi) is 3.24. The fourth-order valence-electron chi connectivity index (χ4n) is 1.69. The van der Waals surface area contributed by atoms with Crippen LogP contribution in [0.25, 0.3) is 10.8 Å². The van der Waals surface area contributed by atoms with Crippen molar-refractivity contribution in [1.29, 1.82) is 0 Å². The Balaban J connectivity index is 2.40. The van der Waals surface area contributed by atoms with E-state index in [2.05, 4.69) is 5.32 Å². The van der Waals surface area contributed by atoms with E-state index >= 15 is 0 Å². The number of rotatable bonds is 2.